The van der Waals surface area contributed by atoms with Gasteiger partial charge in [0.05, 0.1) is 17.2 Å². The first-order valence-electron chi connectivity index (χ1n) is 8.74. The van der Waals surface area contributed by atoms with Crippen LogP contribution in [-0.2, 0) is 5.75 Å². The van der Waals surface area contributed by atoms with Crippen LogP contribution in [0, 0.1) is 6.92 Å². The van der Waals surface area contributed by atoms with Crippen LogP contribution in [-0.4, -0.2) is 22.1 Å². The van der Waals surface area contributed by atoms with Crippen LogP contribution in [0.2, 0.25) is 0 Å². The van der Waals surface area contributed by atoms with E-state index in [0.717, 1.165) is 33.3 Å². The molecule has 2 N–H and O–H groups in total. The van der Waals surface area contributed by atoms with Crippen LogP contribution in [0.5, 0.6) is 0 Å². The number of rotatable bonds is 6. The number of H-pyrrole nitrogens is 1. The number of fused-ring (bicyclic) bond motifs is 1. The van der Waals surface area contributed by atoms with Crippen molar-refractivity contribution in [2.45, 2.75) is 17.8 Å². The molecule has 0 aliphatic rings. The predicted octanol–water partition coefficient (Wildman–Crippen LogP) is 4.52. The molecule has 0 saturated heterocycles. The van der Waals surface area contributed by atoms with Gasteiger partial charge < -0.3 is 9.40 Å². The Labute approximate surface area is 166 Å². The minimum absolute atomic E-state index is 0.268. The molecule has 0 saturated carbocycles. The van der Waals surface area contributed by atoms with E-state index in [1.807, 2.05) is 49.4 Å². The third-order valence-corrected chi connectivity index (χ3v) is 5.02. The van der Waals surface area contributed by atoms with Crippen molar-refractivity contribution in [2.24, 2.45) is 5.10 Å². The van der Waals surface area contributed by atoms with E-state index in [2.05, 4.69) is 20.5 Å². The maximum Gasteiger partial charge on any atom is 0.271 e. The fourth-order valence-corrected chi connectivity index (χ4v) is 3.48. The average molecular weight is 390 g/mol. The van der Waals surface area contributed by atoms with E-state index in [1.165, 1.54) is 6.21 Å². The van der Waals surface area contributed by atoms with Gasteiger partial charge in [-0.15, -0.1) is 0 Å². The Morgan fingerprint density at radius 2 is 2.00 bits per heavy atom. The van der Waals surface area contributed by atoms with E-state index in [0.29, 0.717) is 11.3 Å². The summed E-state index contributed by atoms with van der Waals surface area (Å²) in [4.78, 5) is 20.0. The van der Waals surface area contributed by atoms with Gasteiger partial charge in [0, 0.05) is 11.3 Å². The lowest BCUT2D eigenvalue weighted by molar-refractivity contribution is 0.0955. The van der Waals surface area contributed by atoms with Crippen molar-refractivity contribution in [1.82, 2.24) is 15.4 Å². The van der Waals surface area contributed by atoms with Gasteiger partial charge in [-0.1, -0.05) is 36.0 Å². The molecule has 0 unspecified atom stereocenters. The van der Waals surface area contributed by atoms with Gasteiger partial charge in [-0.25, -0.2) is 10.4 Å². The molecule has 0 fully saturated rings. The van der Waals surface area contributed by atoms with Crippen molar-refractivity contribution in [3.8, 4) is 0 Å². The number of benzene rings is 2. The van der Waals surface area contributed by atoms with Crippen molar-refractivity contribution in [1.29, 1.82) is 0 Å². The summed E-state index contributed by atoms with van der Waals surface area (Å²) in [6.07, 6.45) is 1.48. The number of aromatic amines is 1. The first-order chi connectivity index (χ1) is 13.7. The quantitative estimate of drug-likeness (QED) is 0.288. The SMILES string of the molecule is Cc1ccc(/C=N/NC(=O)c2ccc(CSc3nc4ccccc4[nH]3)cc2)o1. The number of hydrazone groups is 1. The third kappa shape index (κ3) is 4.32. The van der Waals surface area contributed by atoms with Crippen molar-refractivity contribution >= 4 is 34.9 Å². The van der Waals surface area contributed by atoms with Crippen LogP contribution in [0.3, 0.4) is 0 Å². The Hall–Kier alpha value is -3.32. The molecule has 1 amide bonds. The molecule has 2 heterocycles. The smallest absolute Gasteiger partial charge is 0.271 e. The molecule has 28 heavy (non-hydrogen) atoms. The maximum absolute atomic E-state index is 12.2. The Kier molecular flexibility index (Phi) is 5.25. The highest BCUT2D eigenvalue weighted by Crippen LogP contribution is 2.23. The summed E-state index contributed by atoms with van der Waals surface area (Å²) in [5.41, 5.74) is 6.14. The largest absolute Gasteiger partial charge is 0.460 e. The number of carbonyl (C=O) groups excluding carboxylic acids is 1. The minimum Gasteiger partial charge on any atom is -0.460 e. The minimum atomic E-state index is -0.268. The van der Waals surface area contributed by atoms with Crippen LogP contribution in [0.1, 0.15) is 27.4 Å². The number of carbonyl (C=O) groups is 1. The van der Waals surface area contributed by atoms with Gasteiger partial charge in [0.1, 0.15) is 11.5 Å². The van der Waals surface area contributed by atoms with Gasteiger partial charge in [-0.3, -0.25) is 4.79 Å². The number of furan rings is 1. The van der Waals surface area contributed by atoms with Crippen LogP contribution < -0.4 is 5.43 Å². The average Bonchev–Trinajstić information content (AvgIpc) is 3.32. The van der Waals surface area contributed by atoms with Crippen molar-refractivity contribution < 1.29 is 9.21 Å². The molecule has 0 radical (unpaired) electrons. The lowest BCUT2D eigenvalue weighted by Gasteiger charge is -2.02. The number of thioether (sulfide) groups is 1. The van der Waals surface area contributed by atoms with Crippen LogP contribution in [0.25, 0.3) is 11.0 Å². The number of hydrogen-bond donors (Lipinski definition) is 2. The summed E-state index contributed by atoms with van der Waals surface area (Å²) < 4.78 is 5.36. The van der Waals surface area contributed by atoms with Crippen LogP contribution in [0.15, 0.2) is 75.3 Å². The fourth-order valence-electron chi connectivity index (χ4n) is 2.64. The molecule has 2 aromatic heterocycles. The molecular formula is C21H18N4O2S. The van der Waals surface area contributed by atoms with Gasteiger partial charge in [-0.2, -0.15) is 5.10 Å². The normalized spacial score (nSPS) is 11.3. The standard InChI is InChI=1S/C21H18N4O2S/c1-14-6-11-17(27-14)12-22-25-20(26)16-9-7-15(8-10-16)13-28-21-23-18-4-2-3-5-19(18)24-21/h2-12H,13H2,1H3,(H,23,24)(H,25,26)/b22-12+. The van der Waals surface area contributed by atoms with Crippen LogP contribution in [0.4, 0.5) is 0 Å². The lowest BCUT2D eigenvalue weighted by Crippen LogP contribution is -2.17. The first-order valence-corrected chi connectivity index (χ1v) is 9.72. The number of para-hydroxylation sites is 2. The number of amides is 1. The molecule has 4 rings (SSSR count). The summed E-state index contributed by atoms with van der Waals surface area (Å²) in [7, 11) is 0. The number of imidazole rings is 1. The molecular weight excluding hydrogens is 372 g/mol. The number of nitrogens with zero attached hydrogens (tertiary/aromatic N) is 2. The molecule has 0 bridgehead atoms. The van der Waals surface area contributed by atoms with Gasteiger partial charge in [0.2, 0.25) is 0 Å². The zero-order chi connectivity index (χ0) is 19.3. The molecule has 4 aromatic rings. The Morgan fingerprint density at radius 3 is 2.75 bits per heavy atom. The van der Waals surface area contributed by atoms with E-state index in [1.54, 1.807) is 30.0 Å². The Bertz CT molecular complexity index is 1100. The second kappa shape index (κ2) is 8.14. The van der Waals surface area contributed by atoms with E-state index >= 15 is 0 Å². The molecule has 140 valence electrons. The van der Waals surface area contributed by atoms with Gasteiger partial charge in [-0.05, 0) is 48.9 Å². The summed E-state index contributed by atoms with van der Waals surface area (Å²) in [5.74, 6) is 1.88. The van der Waals surface area contributed by atoms with Crippen molar-refractivity contribution in [3.63, 3.8) is 0 Å². The number of aromatic nitrogens is 2. The molecule has 0 spiro atoms. The van der Waals surface area contributed by atoms with Crippen molar-refractivity contribution in [3.05, 3.63) is 83.3 Å². The number of hydrogen-bond acceptors (Lipinski definition) is 5. The third-order valence-electron chi connectivity index (χ3n) is 4.08. The van der Waals surface area contributed by atoms with E-state index in [4.69, 9.17) is 4.42 Å². The zero-order valence-corrected chi connectivity index (χ0v) is 16.0. The monoisotopic (exact) mass is 390 g/mol. The summed E-state index contributed by atoms with van der Waals surface area (Å²) in [5, 5.41) is 4.80. The predicted molar refractivity (Wildman–Crippen MR) is 111 cm³/mol. The molecule has 6 nitrogen and oxygen atoms in total. The fraction of sp³-hybridized carbons (Fsp3) is 0.0952. The second-order valence-corrected chi connectivity index (χ2v) is 7.16. The number of aryl methyl sites for hydroxylation is 1. The van der Waals surface area contributed by atoms with E-state index in [-0.39, 0.29) is 5.91 Å². The Balaban J connectivity index is 1.32. The van der Waals surface area contributed by atoms with Gasteiger partial charge in [0.15, 0.2) is 5.16 Å². The first kappa shape index (κ1) is 18.1. The zero-order valence-electron chi connectivity index (χ0n) is 15.2. The molecule has 7 heteroatoms. The van der Waals surface area contributed by atoms with E-state index < -0.39 is 0 Å². The second-order valence-electron chi connectivity index (χ2n) is 6.19. The lowest BCUT2D eigenvalue weighted by atomic mass is 10.1. The molecule has 0 aliphatic carbocycles. The summed E-state index contributed by atoms with van der Waals surface area (Å²) in [6.45, 7) is 1.85. The molecule has 0 aliphatic heterocycles. The van der Waals surface area contributed by atoms with Gasteiger partial charge in [0.25, 0.3) is 5.91 Å². The molecule has 2 aromatic carbocycles. The summed E-state index contributed by atoms with van der Waals surface area (Å²) in [6, 6.07) is 19.0. The Morgan fingerprint density at radius 1 is 1.18 bits per heavy atom. The van der Waals surface area contributed by atoms with Gasteiger partial charge >= 0.3 is 0 Å². The van der Waals surface area contributed by atoms with E-state index in [9.17, 15) is 4.79 Å². The summed E-state index contributed by atoms with van der Waals surface area (Å²) >= 11 is 1.63. The molecule has 0 atom stereocenters. The highest BCUT2D eigenvalue weighted by atomic mass is 32.2. The number of nitrogens with one attached hydrogen (secondary N) is 2. The maximum atomic E-state index is 12.2. The highest BCUT2D eigenvalue weighted by molar-refractivity contribution is 7.98. The topological polar surface area (TPSA) is 83.3 Å². The highest BCUT2D eigenvalue weighted by Gasteiger charge is 2.06. The van der Waals surface area contributed by atoms with Crippen molar-refractivity contribution in [2.75, 3.05) is 0 Å². The van der Waals surface area contributed by atoms with Crippen LogP contribution >= 0.6 is 11.8 Å².